The van der Waals surface area contributed by atoms with E-state index in [0.29, 0.717) is 12.5 Å². The van der Waals surface area contributed by atoms with Crippen LogP contribution in [0.5, 0.6) is 0 Å². The Bertz CT molecular complexity index is 839. The van der Waals surface area contributed by atoms with Crippen LogP contribution in [0.1, 0.15) is 46.0 Å². The summed E-state index contributed by atoms with van der Waals surface area (Å²) >= 11 is 1.61. The first-order valence-electron chi connectivity index (χ1n) is 11.8. The second-order valence-electron chi connectivity index (χ2n) is 9.47. The molecule has 0 unspecified atom stereocenters. The molecule has 1 aliphatic heterocycles. The van der Waals surface area contributed by atoms with E-state index < -0.39 is 0 Å². The number of carbonyl (C=O) groups is 1. The van der Waals surface area contributed by atoms with Gasteiger partial charge in [-0.3, -0.25) is 4.90 Å². The van der Waals surface area contributed by atoms with E-state index in [1.54, 1.807) is 11.5 Å². The molecule has 31 heavy (non-hydrogen) atoms. The number of benzene rings is 1. The van der Waals surface area contributed by atoms with Gasteiger partial charge in [-0.05, 0) is 74.1 Å². The van der Waals surface area contributed by atoms with Gasteiger partial charge in [-0.1, -0.05) is 26.0 Å². The first-order valence-corrected chi connectivity index (χ1v) is 12.6. The molecule has 2 aliphatic rings. The first kappa shape index (κ1) is 22.3. The van der Waals surface area contributed by atoms with E-state index in [1.165, 1.54) is 35.9 Å². The van der Waals surface area contributed by atoms with Gasteiger partial charge in [-0.2, -0.15) is 4.37 Å². The van der Waals surface area contributed by atoms with Crippen molar-refractivity contribution < 1.29 is 9.53 Å². The third kappa shape index (κ3) is 6.10. The predicted octanol–water partition coefficient (Wildman–Crippen LogP) is 4.75. The van der Waals surface area contributed by atoms with E-state index in [0.717, 1.165) is 50.8 Å². The van der Waals surface area contributed by atoms with Gasteiger partial charge in [0.1, 0.15) is 5.82 Å². The smallest absolute Gasteiger partial charge is 0.407 e. The normalized spacial score (nSPS) is 22.7. The number of piperazine rings is 1. The van der Waals surface area contributed by atoms with Crippen LogP contribution < -0.4 is 10.2 Å². The highest BCUT2D eigenvalue weighted by Gasteiger charge is 2.25. The standard InChI is InChI=1S/C24H36N4O2S/c1-18(2)17-30-24(29)25-20-9-7-19(8-10-20)11-12-27-13-15-28(16-14-27)23-21-5-3-4-6-22(21)31-26-23/h3-6,18-20H,7-17H2,1-2H3,(H,25,29). The molecule has 2 heterocycles. The summed E-state index contributed by atoms with van der Waals surface area (Å²) in [6.45, 7) is 10.1. The minimum Gasteiger partial charge on any atom is -0.449 e. The molecule has 170 valence electrons. The van der Waals surface area contributed by atoms with Crippen molar-refractivity contribution in [3.8, 4) is 0 Å². The second kappa shape index (κ2) is 10.6. The zero-order chi connectivity index (χ0) is 21.6. The van der Waals surface area contributed by atoms with E-state index in [1.807, 2.05) is 0 Å². The Hall–Kier alpha value is -1.86. The molecule has 1 aromatic heterocycles. The lowest BCUT2D eigenvalue weighted by molar-refractivity contribution is 0.124. The molecule has 1 amide bonds. The third-order valence-corrected chi connectivity index (χ3v) is 7.42. The summed E-state index contributed by atoms with van der Waals surface area (Å²) in [4.78, 5) is 16.9. The SMILES string of the molecule is CC(C)COC(=O)NC1CCC(CCN2CCN(c3nsc4ccccc34)CC2)CC1. The van der Waals surface area contributed by atoms with Gasteiger partial charge >= 0.3 is 6.09 Å². The van der Waals surface area contributed by atoms with Crippen LogP contribution in [0.15, 0.2) is 24.3 Å². The predicted molar refractivity (Wildman–Crippen MR) is 128 cm³/mol. The van der Waals surface area contributed by atoms with Crippen LogP contribution in [-0.2, 0) is 4.74 Å². The van der Waals surface area contributed by atoms with Crippen molar-refractivity contribution in [1.82, 2.24) is 14.6 Å². The van der Waals surface area contributed by atoms with Crippen LogP contribution in [0.25, 0.3) is 10.1 Å². The van der Waals surface area contributed by atoms with Crippen molar-refractivity contribution in [3.63, 3.8) is 0 Å². The van der Waals surface area contributed by atoms with Gasteiger partial charge in [0.05, 0.1) is 11.3 Å². The lowest BCUT2D eigenvalue weighted by atomic mass is 9.84. The maximum Gasteiger partial charge on any atom is 0.407 e. The molecule has 1 N–H and O–H groups in total. The van der Waals surface area contributed by atoms with E-state index >= 15 is 0 Å². The Kier molecular flexibility index (Phi) is 7.67. The number of nitrogens with zero attached hydrogens (tertiary/aromatic N) is 3. The van der Waals surface area contributed by atoms with E-state index in [4.69, 9.17) is 9.11 Å². The number of hydrogen-bond donors (Lipinski definition) is 1. The van der Waals surface area contributed by atoms with Gasteiger partial charge in [0.2, 0.25) is 0 Å². The van der Waals surface area contributed by atoms with Crippen LogP contribution >= 0.6 is 11.5 Å². The lowest BCUT2D eigenvalue weighted by Gasteiger charge is -2.36. The number of amides is 1. The molecule has 0 spiro atoms. The van der Waals surface area contributed by atoms with Crippen molar-refractivity contribution in [2.75, 3.05) is 44.2 Å². The van der Waals surface area contributed by atoms with E-state index in [-0.39, 0.29) is 12.1 Å². The van der Waals surface area contributed by atoms with Gasteiger partial charge in [0.15, 0.2) is 0 Å². The van der Waals surface area contributed by atoms with E-state index in [2.05, 4.69) is 53.2 Å². The highest BCUT2D eigenvalue weighted by atomic mass is 32.1. The van der Waals surface area contributed by atoms with Crippen LogP contribution in [0, 0.1) is 11.8 Å². The van der Waals surface area contributed by atoms with Gasteiger partial charge < -0.3 is 15.0 Å². The summed E-state index contributed by atoms with van der Waals surface area (Å²) in [6, 6.07) is 8.83. The average Bonchev–Trinajstić information content (AvgIpc) is 3.22. The fourth-order valence-electron chi connectivity index (χ4n) is 4.70. The molecule has 1 aromatic carbocycles. The number of fused-ring (bicyclic) bond motifs is 1. The average molecular weight is 445 g/mol. The summed E-state index contributed by atoms with van der Waals surface area (Å²) in [7, 11) is 0. The number of carbonyl (C=O) groups excluding carboxylic acids is 1. The van der Waals surface area contributed by atoms with Gasteiger partial charge in [-0.25, -0.2) is 4.79 Å². The number of anilines is 1. The van der Waals surface area contributed by atoms with Crippen LogP contribution in [0.2, 0.25) is 0 Å². The topological polar surface area (TPSA) is 57.7 Å². The fraction of sp³-hybridized carbons (Fsp3) is 0.667. The molecular formula is C24H36N4O2S. The molecule has 1 saturated heterocycles. The molecule has 0 bridgehead atoms. The maximum absolute atomic E-state index is 11.9. The Morgan fingerprint density at radius 2 is 1.90 bits per heavy atom. The zero-order valence-electron chi connectivity index (χ0n) is 18.9. The molecule has 1 saturated carbocycles. The zero-order valence-corrected chi connectivity index (χ0v) is 19.7. The summed E-state index contributed by atoms with van der Waals surface area (Å²) in [5, 5.41) is 4.34. The number of nitrogens with one attached hydrogen (secondary N) is 1. The molecule has 7 heteroatoms. The molecule has 6 nitrogen and oxygen atoms in total. The Balaban J connectivity index is 1.14. The van der Waals surface area contributed by atoms with Crippen molar-refractivity contribution in [2.45, 2.75) is 52.0 Å². The summed E-state index contributed by atoms with van der Waals surface area (Å²) in [6.07, 6.45) is 5.59. The maximum atomic E-state index is 11.9. The van der Waals surface area contributed by atoms with Gasteiger partial charge in [0, 0.05) is 37.6 Å². The fourth-order valence-corrected chi connectivity index (χ4v) is 5.49. The quantitative estimate of drug-likeness (QED) is 0.668. The molecule has 4 rings (SSSR count). The number of aromatic nitrogens is 1. The number of alkyl carbamates (subject to hydrolysis) is 1. The van der Waals surface area contributed by atoms with Crippen molar-refractivity contribution in [3.05, 3.63) is 24.3 Å². The van der Waals surface area contributed by atoms with Gasteiger partial charge in [0.25, 0.3) is 0 Å². The largest absolute Gasteiger partial charge is 0.449 e. The highest BCUT2D eigenvalue weighted by molar-refractivity contribution is 7.13. The number of rotatable bonds is 7. The first-order chi connectivity index (χ1) is 15.1. The molecule has 1 aliphatic carbocycles. The van der Waals surface area contributed by atoms with Crippen LogP contribution in [-0.4, -0.2) is 60.7 Å². The Morgan fingerprint density at radius 1 is 1.16 bits per heavy atom. The molecule has 2 fully saturated rings. The highest BCUT2D eigenvalue weighted by Crippen LogP contribution is 2.30. The van der Waals surface area contributed by atoms with Crippen LogP contribution in [0.3, 0.4) is 0 Å². The molecule has 0 atom stereocenters. The Labute approximate surface area is 190 Å². The molecule has 2 aromatic rings. The minimum atomic E-state index is -0.247. The summed E-state index contributed by atoms with van der Waals surface area (Å²) < 4.78 is 11.3. The summed E-state index contributed by atoms with van der Waals surface area (Å²) in [5.74, 6) is 2.33. The van der Waals surface area contributed by atoms with Crippen LogP contribution in [0.4, 0.5) is 10.6 Å². The molecule has 0 radical (unpaired) electrons. The van der Waals surface area contributed by atoms with Crippen molar-refractivity contribution in [1.29, 1.82) is 0 Å². The second-order valence-corrected chi connectivity index (χ2v) is 10.3. The summed E-state index contributed by atoms with van der Waals surface area (Å²) in [5.41, 5.74) is 0. The number of ether oxygens (including phenoxy) is 1. The lowest BCUT2D eigenvalue weighted by Crippen LogP contribution is -2.47. The minimum absolute atomic E-state index is 0.247. The third-order valence-electron chi connectivity index (χ3n) is 6.60. The van der Waals surface area contributed by atoms with Crippen molar-refractivity contribution >= 4 is 33.5 Å². The van der Waals surface area contributed by atoms with Crippen molar-refractivity contribution in [2.24, 2.45) is 11.8 Å². The van der Waals surface area contributed by atoms with Gasteiger partial charge in [-0.15, -0.1) is 0 Å². The molecular weight excluding hydrogens is 408 g/mol. The monoisotopic (exact) mass is 444 g/mol. The van der Waals surface area contributed by atoms with E-state index in [9.17, 15) is 4.79 Å². The Morgan fingerprint density at radius 3 is 2.65 bits per heavy atom. The number of hydrogen-bond acceptors (Lipinski definition) is 6.